The van der Waals surface area contributed by atoms with Crippen LogP contribution in [0.15, 0.2) is 39.2 Å². The molecule has 7 heteroatoms. The molecule has 0 saturated carbocycles. The van der Waals surface area contributed by atoms with E-state index in [-0.39, 0.29) is 12.5 Å². The number of rotatable bonds is 4. The number of nitrogens with zero attached hydrogens (tertiary/aromatic N) is 1. The molecule has 0 aliphatic heterocycles. The zero-order chi connectivity index (χ0) is 17.3. The number of hydrogen-bond donors (Lipinski definition) is 1. The van der Waals surface area contributed by atoms with E-state index in [0.29, 0.717) is 33.4 Å². The van der Waals surface area contributed by atoms with E-state index in [0.717, 1.165) is 10.0 Å². The number of oxazole rings is 1. The summed E-state index contributed by atoms with van der Waals surface area (Å²) in [5.74, 6) is 0.794. The smallest absolute Gasteiger partial charge is 0.262 e. The van der Waals surface area contributed by atoms with E-state index in [1.165, 1.54) is 0 Å². The summed E-state index contributed by atoms with van der Waals surface area (Å²) in [6.07, 6.45) is 0. The Balaban J connectivity index is 1.67. The lowest BCUT2D eigenvalue weighted by Gasteiger charge is -2.11. The molecule has 1 aromatic heterocycles. The van der Waals surface area contributed by atoms with Gasteiger partial charge < -0.3 is 14.5 Å². The molecule has 3 rings (SSSR count). The van der Waals surface area contributed by atoms with Crippen molar-refractivity contribution in [1.29, 1.82) is 0 Å². The third-order valence-corrected chi connectivity index (χ3v) is 4.06. The molecule has 0 radical (unpaired) electrons. The zero-order valence-electron chi connectivity index (χ0n) is 13.0. The van der Waals surface area contributed by atoms with Crippen molar-refractivity contribution in [3.8, 4) is 5.75 Å². The van der Waals surface area contributed by atoms with Gasteiger partial charge in [-0.05, 0) is 42.8 Å². The molecule has 0 aliphatic carbocycles. The average molecular weight is 410 g/mol. The fourth-order valence-electron chi connectivity index (χ4n) is 2.33. The van der Waals surface area contributed by atoms with Crippen LogP contribution in [-0.2, 0) is 4.79 Å². The van der Waals surface area contributed by atoms with Crippen molar-refractivity contribution < 1.29 is 13.9 Å². The van der Waals surface area contributed by atoms with Gasteiger partial charge in [-0.3, -0.25) is 4.79 Å². The topological polar surface area (TPSA) is 64.4 Å². The lowest BCUT2D eigenvalue weighted by Crippen LogP contribution is -2.20. The number of aryl methyl sites for hydroxylation is 2. The van der Waals surface area contributed by atoms with Crippen molar-refractivity contribution in [3.05, 3.63) is 51.3 Å². The molecule has 5 nitrogen and oxygen atoms in total. The number of aromatic nitrogens is 1. The number of anilines is 1. The third kappa shape index (κ3) is 3.71. The summed E-state index contributed by atoms with van der Waals surface area (Å²) in [7, 11) is 0. The maximum atomic E-state index is 12.1. The largest absolute Gasteiger partial charge is 0.482 e. The van der Waals surface area contributed by atoms with Crippen molar-refractivity contribution in [2.75, 3.05) is 11.9 Å². The minimum atomic E-state index is -0.284. The molecule has 2 aromatic carbocycles. The fraction of sp³-hybridized carbons (Fsp3) is 0.176. The molecule has 0 spiro atoms. The Labute approximate surface area is 152 Å². The Kier molecular flexibility index (Phi) is 4.78. The second-order valence-corrected chi connectivity index (χ2v) is 6.61. The van der Waals surface area contributed by atoms with Crippen LogP contribution in [0.3, 0.4) is 0 Å². The van der Waals surface area contributed by atoms with E-state index in [4.69, 9.17) is 20.8 Å². The summed E-state index contributed by atoms with van der Waals surface area (Å²) in [5.41, 5.74) is 2.85. The first-order valence-corrected chi connectivity index (χ1v) is 8.35. The molecule has 124 valence electrons. The number of nitrogens with one attached hydrogen (secondary N) is 1. The van der Waals surface area contributed by atoms with Crippen molar-refractivity contribution in [3.63, 3.8) is 0 Å². The first kappa shape index (κ1) is 16.8. The van der Waals surface area contributed by atoms with Crippen molar-refractivity contribution in [1.82, 2.24) is 4.98 Å². The summed E-state index contributed by atoms with van der Waals surface area (Å²) in [6, 6.07) is 8.87. The first-order chi connectivity index (χ1) is 11.4. The summed E-state index contributed by atoms with van der Waals surface area (Å²) in [4.78, 5) is 16.3. The Morgan fingerprint density at radius 2 is 2.12 bits per heavy atom. The molecule has 1 heterocycles. The van der Waals surface area contributed by atoms with E-state index >= 15 is 0 Å². The molecule has 0 saturated heterocycles. The monoisotopic (exact) mass is 408 g/mol. The van der Waals surface area contributed by atoms with Gasteiger partial charge in [0.15, 0.2) is 18.1 Å². The zero-order valence-corrected chi connectivity index (χ0v) is 15.4. The average Bonchev–Trinajstić information content (AvgIpc) is 2.85. The molecule has 3 aromatic rings. The number of amides is 1. The SMILES string of the molecule is Cc1nc2cc(NC(=O)COc3c(C)cc(Br)cc3Cl)ccc2o1. The molecule has 0 fully saturated rings. The number of hydrogen-bond acceptors (Lipinski definition) is 4. The maximum Gasteiger partial charge on any atom is 0.262 e. The number of benzene rings is 2. The highest BCUT2D eigenvalue weighted by Crippen LogP contribution is 2.32. The standard InChI is InChI=1S/C17H14BrClN2O3/c1-9-5-11(18)6-13(19)17(9)23-8-16(22)21-12-3-4-15-14(7-12)20-10(2)24-15/h3-7H,8H2,1-2H3,(H,21,22). The van der Waals surface area contributed by atoms with E-state index in [1.54, 1.807) is 31.2 Å². The molecule has 0 atom stereocenters. The number of fused-ring (bicyclic) bond motifs is 1. The van der Waals surface area contributed by atoms with Crippen LogP contribution in [0, 0.1) is 13.8 Å². The minimum absolute atomic E-state index is 0.141. The van der Waals surface area contributed by atoms with Gasteiger partial charge in [0.05, 0.1) is 5.02 Å². The molecule has 0 bridgehead atoms. The molecular weight excluding hydrogens is 396 g/mol. The second-order valence-electron chi connectivity index (χ2n) is 5.29. The highest BCUT2D eigenvalue weighted by Gasteiger charge is 2.11. The summed E-state index contributed by atoms with van der Waals surface area (Å²) >= 11 is 9.50. The second kappa shape index (κ2) is 6.83. The first-order valence-electron chi connectivity index (χ1n) is 7.18. The Hall–Kier alpha value is -2.05. The number of carbonyl (C=O) groups excluding carboxylic acids is 1. The predicted molar refractivity (Wildman–Crippen MR) is 96.8 cm³/mol. The quantitative estimate of drug-likeness (QED) is 0.667. The van der Waals surface area contributed by atoms with Gasteiger partial charge in [0.1, 0.15) is 11.3 Å². The van der Waals surface area contributed by atoms with Gasteiger partial charge in [-0.1, -0.05) is 27.5 Å². The van der Waals surface area contributed by atoms with Crippen molar-refractivity contribution >= 4 is 50.2 Å². The number of ether oxygens (including phenoxy) is 1. The van der Waals surface area contributed by atoms with E-state index in [1.807, 2.05) is 13.0 Å². The lowest BCUT2D eigenvalue weighted by molar-refractivity contribution is -0.118. The third-order valence-electron chi connectivity index (χ3n) is 3.32. The highest BCUT2D eigenvalue weighted by atomic mass is 79.9. The van der Waals surface area contributed by atoms with Gasteiger partial charge in [-0.15, -0.1) is 0 Å². The molecular formula is C17H14BrClN2O3. The lowest BCUT2D eigenvalue weighted by atomic mass is 10.2. The van der Waals surface area contributed by atoms with Gasteiger partial charge in [-0.25, -0.2) is 4.98 Å². The van der Waals surface area contributed by atoms with E-state index < -0.39 is 0 Å². The van der Waals surface area contributed by atoms with Crippen LogP contribution in [0.1, 0.15) is 11.5 Å². The summed E-state index contributed by atoms with van der Waals surface area (Å²) < 4.78 is 11.8. The van der Waals surface area contributed by atoms with Crippen LogP contribution in [-0.4, -0.2) is 17.5 Å². The van der Waals surface area contributed by atoms with E-state index in [2.05, 4.69) is 26.2 Å². The maximum absolute atomic E-state index is 12.1. The fourth-order valence-corrected chi connectivity index (χ4v) is 3.35. The number of halogens is 2. The molecule has 1 N–H and O–H groups in total. The van der Waals surface area contributed by atoms with Crippen LogP contribution in [0.2, 0.25) is 5.02 Å². The van der Waals surface area contributed by atoms with Gasteiger partial charge in [-0.2, -0.15) is 0 Å². The van der Waals surface area contributed by atoms with Gasteiger partial charge in [0.25, 0.3) is 5.91 Å². The Morgan fingerprint density at radius 1 is 1.33 bits per heavy atom. The molecule has 24 heavy (non-hydrogen) atoms. The Bertz CT molecular complexity index is 900. The van der Waals surface area contributed by atoms with Crippen molar-refractivity contribution in [2.45, 2.75) is 13.8 Å². The van der Waals surface area contributed by atoms with Gasteiger partial charge in [0, 0.05) is 17.1 Å². The van der Waals surface area contributed by atoms with Crippen LogP contribution in [0.5, 0.6) is 5.75 Å². The van der Waals surface area contributed by atoms with Gasteiger partial charge in [0.2, 0.25) is 0 Å². The number of carbonyl (C=O) groups is 1. The predicted octanol–water partition coefficient (Wildman–Crippen LogP) is 4.88. The van der Waals surface area contributed by atoms with E-state index in [9.17, 15) is 4.79 Å². The van der Waals surface area contributed by atoms with Crippen molar-refractivity contribution in [2.24, 2.45) is 0 Å². The minimum Gasteiger partial charge on any atom is -0.482 e. The summed E-state index contributed by atoms with van der Waals surface area (Å²) in [6.45, 7) is 3.50. The normalized spacial score (nSPS) is 10.8. The molecule has 0 aliphatic rings. The van der Waals surface area contributed by atoms with Crippen LogP contribution >= 0.6 is 27.5 Å². The van der Waals surface area contributed by atoms with Crippen LogP contribution in [0.25, 0.3) is 11.1 Å². The van der Waals surface area contributed by atoms with Crippen LogP contribution in [0.4, 0.5) is 5.69 Å². The molecule has 0 unspecified atom stereocenters. The summed E-state index contributed by atoms with van der Waals surface area (Å²) in [5, 5.41) is 3.22. The molecule has 1 amide bonds. The van der Waals surface area contributed by atoms with Crippen LogP contribution < -0.4 is 10.1 Å². The van der Waals surface area contributed by atoms with Gasteiger partial charge >= 0.3 is 0 Å². The highest BCUT2D eigenvalue weighted by molar-refractivity contribution is 9.10. The Morgan fingerprint density at radius 3 is 2.88 bits per heavy atom.